The summed E-state index contributed by atoms with van der Waals surface area (Å²) in [5, 5.41) is 0. The molecule has 0 aromatic carbocycles. The van der Waals surface area contributed by atoms with Gasteiger partial charge in [0.15, 0.2) is 0 Å². The lowest BCUT2D eigenvalue weighted by molar-refractivity contribution is -0.142. The molecule has 0 fully saturated rings. The van der Waals surface area contributed by atoms with Gasteiger partial charge in [-0.3, -0.25) is 0 Å². The van der Waals surface area contributed by atoms with Crippen LogP contribution in [0.5, 0.6) is 0 Å². The van der Waals surface area contributed by atoms with Gasteiger partial charge in [0.2, 0.25) is 5.76 Å². The topological polar surface area (TPSA) is 61.8 Å². The van der Waals surface area contributed by atoms with Gasteiger partial charge in [-0.2, -0.15) is 0 Å². The normalized spacial score (nSPS) is 15.3. The van der Waals surface area contributed by atoms with E-state index in [9.17, 15) is 9.59 Å². The third-order valence-electron chi connectivity index (χ3n) is 1.93. The molecule has 5 nitrogen and oxygen atoms in total. The van der Waals surface area contributed by atoms with E-state index in [0.717, 1.165) is 0 Å². The van der Waals surface area contributed by atoms with Crippen molar-refractivity contribution in [1.82, 2.24) is 0 Å². The molecule has 1 aliphatic heterocycles. The first-order valence-corrected chi connectivity index (χ1v) is 4.71. The van der Waals surface area contributed by atoms with Gasteiger partial charge in [-0.25, -0.2) is 4.79 Å². The van der Waals surface area contributed by atoms with E-state index in [4.69, 9.17) is 9.47 Å². The Balaban J connectivity index is 2.72. The molecule has 0 spiro atoms. The molecule has 5 heteroatoms. The van der Waals surface area contributed by atoms with E-state index in [-0.39, 0.29) is 11.5 Å². The lowest BCUT2D eigenvalue weighted by atomic mass is 10.2. The molecule has 0 aliphatic carbocycles. The zero-order valence-electron chi connectivity index (χ0n) is 8.87. The Morgan fingerprint density at radius 1 is 1.33 bits per heavy atom. The number of Topliss-reactive ketones (excluding diaryl/α,β-unsaturated/α-hetero) is 1. The fourth-order valence-corrected chi connectivity index (χ4v) is 1.20. The highest BCUT2D eigenvalue weighted by molar-refractivity contribution is 5.87. The minimum absolute atomic E-state index is 0.0425. The van der Waals surface area contributed by atoms with E-state index in [0.29, 0.717) is 31.8 Å². The number of hydrogen-bond donors (Lipinski definition) is 0. The smallest absolute Gasteiger partial charge is 0.376 e. The summed E-state index contributed by atoms with van der Waals surface area (Å²) in [5.41, 5.74) is 0. The van der Waals surface area contributed by atoms with Crippen molar-refractivity contribution in [2.75, 3.05) is 20.3 Å². The minimum atomic E-state index is -0.562. The first-order valence-electron chi connectivity index (χ1n) is 4.71. The number of carbonyl (C=O) groups is 2. The van der Waals surface area contributed by atoms with E-state index < -0.39 is 5.97 Å². The zero-order chi connectivity index (χ0) is 11.3. The summed E-state index contributed by atoms with van der Waals surface area (Å²) in [6, 6.07) is 0. The molecule has 1 heterocycles. The predicted molar refractivity (Wildman–Crippen MR) is 50.9 cm³/mol. The van der Waals surface area contributed by atoms with Gasteiger partial charge in [0.1, 0.15) is 24.8 Å². The summed E-state index contributed by atoms with van der Waals surface area (Å²) in [5.74, 6) is -0.0255. The molecule has 0 N–H and O–H groups in total. The largest absolute Gasteiger partial charge is 0.490 e. The maximum absolute atomic E-state index is 11.3. The summed E-state index contributed by atoms with van der Waals surface area (Å²) in [6.07, 6.45) is 0.707. The fraction of sp³-hybridized carbons (Fsp3) is 0.600. The quantitative estimate of drug-likeness (QED) is 0.647. The molecule has 0 amide bonds. The lowest BCUT2D eigenvalue weighted by Gasteiger charge is -2.20. The third-order valence-corrected chi connectivity index (χ3v) is 1.93. The van der Waals surface area contributed by atoms with Crippen molar-refractivity contribution >= 4 is 11.8 Å². The molecule has 1 aliphatic rings. The van der Waals surface area contributed by atoms with Crippen LogP contribution in [0, 0.1) is 0 Å². The van der Waals surface area contributed by atoms with Crippen LogP contribution in [0.3, 0.4) is 0 Å². The van der Waals surface area contributed by atoms with Crippen molar-refractivity contribution in [3.05, 3.63) is 11.5 Å². The van der Waals surface area contributed by atoms with Crippen molar-refractivity contribution < 1.29 is 23.8 Å². The van der Waals surface area contributed by atoms with E-state index >= 15 is 0 Å². The van der Waals surface area contributed by atoms with Crippen molar-refractivity contribution in [2.24, 2.45) is 0 Å². The van der Waals surface area contributed by atoms with Crippen LogP contribution in [0.2, 0.25) is 0 Å². The molecule has 0 atom stereocenters. The van der Waals surface area contributed by atoms with Crippen LogP contribution in [-0.4, -0.2) is 32.1 Å². The second-order valence-corrected chi connectivity index (χ2v) is 3.14. The average Bonchev–Trinajstić information content (AvgIpc) is 2.25. The molecule has 0 bridgehead atoms. The maximum atomic E-state index is 11.3. The van der Waals surface area contributed by atoms with Crippen molar-refractivity contribution in [3.8, 4) is 0 Å². The van der Waals surface area contributed by atoms with E-state index in [1.54, 1.807) is 0 Å². The number of rotatable bonds is 4. The monoisotopic (exact) mass is 214 g/mol. The average molecular weight is 214 g/mol. The summed E-state index contributed by atoms with van der Waals surface area (Å²) in [7, 11) is 1.27. The van der Waals surface area contributed by atoms with Crippen LogP contribution in [0.1, 0.15) is 19.8 Å². The molecule has 84 valence electrons. The number of esters is 1. The van der Waals surface area contributed by atoms with Crippen LogP contribution in [0.25, 0.3) is 0 Å². The van der Waals surface area contributed by atoms with Crippen LogP contribution in [0.4, 0.5) is 0 Å². The van der Waals surface area contributed by atoms with E-state index in [2.05, 4.69) is 4.74 Å². The molecule has 1 rings (SSSR count). The Labute approximate surface area is 88.0 Å². The SMILES string of the molecule is COC(=O)C1=C(CCC(C)=O)OCCO1. The molecular formula is C10H14O5. The van der Waals surface area contributed by atoms with Gasteiger partial charge >= 0.3 is 5.97 Å². The van der Waals surface area contributed by atoms with Crippen molar-refractivity contribution in [3.63, 3.8) is 0 Å². The van der Waals surface area contributed by atoms with Crippen LogP contribution < -0.4 is 0 Å². The highest BCUT2D eigenvalue weighted by Crippen LogP contribution is 2.19. The number of allylic oxidation sites excluding steroid dienone is 1. The Morgan fingerprint density at radius 3 is 2.60 bits per heavy atom. The predicted octanol–water partition coefficient (Wildman–Crippen LogP) is 0.787. The number of hydrogen-bond acceptors (Lipinski definition) is 5. The maximum Gasteiger partial charge on any atom is 0.376 e. The van der Waals surface area contributed by atoms with Gasteiger partial charge in [-0.05, 0) is 6.92 Å². The standard InChI is InChI=1S/C10H14O5/c1-7(11)3-4-8-9(10(12)13-2)15-6-5-14-8/h3-6H2,1-2H3. The van der Waals surface area contributed by atoms with Crippen molar-refractivity contribution in [2.45, 2.75) is 19.8 Å². The van der Waals surface area contributed by atoms with E-state index in [1.807, 2.05) is 0 Å². The summed E-state index contributed by atoms with van der Waals surface area (Å²) >= 11 is 0. The first kappa shape index (κ1) is 11.6. The van der Waals surface area contributed by atoms with Gasteiger partial charge in [-0.15, -0.1) is 0 Å². The fourth-order valence-electron chi connectivity index (χ4n) is 1.20. The number of methoxy groups -OCH3 is 1. The highest BCUT2D eigenvalue weighted by atomic mass is 16.6. The van der Waals surface area contributed by atoms with Crippen LogP contribution in [0.15, 0.2) is 11.5 Å². The van der Waals surface area contributed by atoms with Gasteiger partial charge in [0.05, 0.1) is 7.11 Å². The Kier molecular flexibility index (Phi) is 4.15. The van der Waals surface area contributed by atoms with Crippen molar-refractivity contribution in [1.29, 1.82) is 0 Å². The van der Waals surface area contributed by atoms with Crippen LogP contribution in [-0.2, 0) is 23.8 Å². The second kappa shape index (κ2) is 5.38. The molecule has 0 unspecified atom stereocenters. The second-order valence-electron chi connectivity index (χ2n) is 3.14. The van der Waals surface area contributed by atoms with Crippen LogP contribution >= 0.6 is 0 Å². The van der Waals surface area contributed by atoms with E-state index in [1.165, 1.54) is 14.0 Å². The lowest BCUT2D eigenvalue weighted by Crippen LogP contribution is -2.20. The van der Waals surface area contributed by atoms with Gasteiger partial charge < -0.3 is 19.0 Å². The summed E-state index contributed by atoms with van der Waals surface area (Å²) in [4.78, 5) is 22.0. The summed E-state index contributed by atoms with van der Waals surface area (Å²) in [6.45, 7) is 2.21. The van der Waals surface area contributed by atoms with Gasteiger partial charge in [0.25, 0.3) is 0 Å². The zero-order valence-corrected chi connectivity index (χ0v) is 8.87. The number of carbonyl (C=O) groups excluding carboxylic acids is 2. The molecule has 0 saturated carbocycles. The molecular weight excluding hydrogens is 200 g/mol. The Hall–Kier alpha value is -1.52. The molecule has 0 saturated heterocycles. The Morgan fingerprint density at radius 2 is 2.00 bits per heavy atom. The minimum Gasteiger partial charge on any atom is -0.490 e. The Bertz CT molecular complexity index is 292. The molecule has 0 aromatic rings. The molecule has 0 aromatic heterocycles. The number of ether oxygens (including phenoxy) is 3. The highest BCUT2D eigenvalue weighted by Gasteiger charge is 2.23. The third kappa shape index (κ3) is 3.27. The van der Waals surface area contributed by atoms with Gasteiger partial charge in [-0.1, -0.05) is 0 Å². The molecule has 0 radical (unpaired) electrons. The number of ketones is 1. The van der Waals surface area contributed by atoms with Gasteiger partial charge in [0, 0.05) is 12.8 Å². The molecule has 15 heavy (non-hydrogen) atoms. The first-order chi connectivity index (χ1) is 7.15. The summed E-state index contributed by atoms with van der Waals surface area (Å²) < 4.78 is 14.9.